The molecule has 1 aromatic rings. The number of nitrogens with zero attached hydrogens (tertiary/aromatic N) is 1. The number of hydrogen-bond acceptors (Lipinski definition) is 3. The lowest BCUT2D eigenvalue weighted by molar-refractivity contribution is 0.0981. The number of pyridine rings is 1. The lowest BCUT2D eigenvalue weighted by atomic mass is 10.1. The first-order valence-corrected chi connectivity index (χ1v) is 4.88. The summed E-state index contributed by atoms with van der Waals surface area (Å²) in [6, 6.07) is 3.58. The summed E-state index contributed by atoms with van der Waals surface area (Å²) < 4.78 is 5.03. The van der Waals surface area contributed by atoms with E-state index < -0.39 is 0 Å². The first-order valence-electron chi connectivity index (χ1n) is 4.88. The zero-order valence-electron chi connectivity index (χ0n) is 8.25. The van der Waals surface area contributed by atoms with E-state index in [1.54, 1.807) is 13.2 Å². The SMILES string of the molecule is COc1ccc2c(n1)CCCCC2=O. The van der Waals surface area contributed by atoms with Gasteiger partial charge in [0, 0.05) is 18.1 Å². The van der Waals surface area contributed by atoms with Gasteiger partial charge in [0.15, 0.2) is 5.78 Å². The molecule has 1 heterocycles. The van der Waals surface area contributed by atoms with Gasteiger partial charge in [-0.25, -0.2) is 4.98 Å². The Morgan fingerprint density at radius 2 is 2.07 bits per heavy atom. The minimum absolute atomic E-state index is 0.215. The highest BCUT2D eigenvalue weighted by Gasteiger charge is 2.16. The van der Waals surface area contributed by atoms with Gasteiger partial charge in [0.25, 0.3) is 0 Å². The van der Waals surface area contributed by atoms with E-state index in [4.69, 9.17) is 4.74 Å². The van der Waals surface area contributed by atoms with Crippen molar-refractivity contribution < 1.29 is 9.53 Å². The van der Waals surface area contributed by atoms with Crippen LogP contribution in [0, 0.1) is 0 Å². The van der Waals surface area contributed by atoms with Crippen LogP contribution in [0.15, 0.2) is 12.1 Å². The standard InChI is InChI=1S/C11H13NO2/c1-14-11-7-6-8-9(12-11)4-2-3-5-10(8)13/h6-7H,2-5H2,1H3. The van der Waals surface area contributed by atoms with Gasteiger partial charge in [-0.05, 0) is 25.3 Å². The summed E-state index contributed by atoms with van der Waals surface area (Å²) in [5, 5.41) is 0. The van der Waals surface area contributed by atoms with Crippen molar-refractivity contribution in [2.45, 2.75) is 25.7 Å². The van der Waals surface area contributed by atoms with Gasteiger partial charge in [0.2, 0.25) is 5.88 Å². The Morgan fingerprint density at radius 3 is 2.86 bits per heavy atom. The van der Waals surface area contributed by atoms with Crippen LogP contribution >= 0.6 is 0 Å². The highest BCUT2D eigenvalue weighted by molar-refractivity contribution is 5.97. The number of rotatable bonds is 1. The average molecular weight is 191 g/mol. The number of fused-ring (bicyclic) bond motifs is 1. The molecule has 1 aliphatic carbocycles. The number of aryl methyl sites for hydroxylation is 1. The van der Waals surface area contributed by atoms with E-state index in [2.05, 4.69) is 4.98 Å². The van der Waals surface area contributed by atoms with Crippen molar-refractivity contribution in [3.63, 3.8) is 0 Å². The summed E-state index contributed by atoms with van der Waals surface area (Å²) in [5.41, 5.74) is 1.68. The van der Waals surface area contributed by atoms with E-state index in [0.29, 0.717) is 12.3 Å². The first-order chi connectivity index (χ1) is 6.81. The van der Waals surface area contributed by atoms with Crippen molar-refractivity contribution in [2.75, 3.05) is 7.11 Å². The summed E-state index contributed by atoms with van der Waals surface area (Å²) >= 11 is 0. The van der Waals surface area contributed by atoms with Gasteiger partial charge in [-0.3, -0.25) is 4.79 Å². The van der Waals surface area contributed by atoms with Crippen molar-refractivity contribution in [3.8, 4) is 5.88 Å². The van der Waals surface area contributed by atoms with Gasteiger partial charge in [0.05, 0.1) is 12.8 Å². The smallest absolute Gasteiger partial charge is 0.213 e. The van der Waals surface area contributed by atoms with E-state index >= 15 is 0 Å². The van der Waals surface area contributed by atoms with Crippen LogP contribution in [0.4, 0.5) is 0 Å². The summed E-state index contributed by atoms with van der Waals surface area (Å²) in [5.74, 6) is 0.811. The van der Waals surface area contributed by atoms with Crippen LogP contribution in [-0.2, 0) is 6.42 Å². The predicted octanol–water partition coefficient (Wildman–Crippen LogP) is 2.00. The number of hydrogen-bond donors (Lipinski definition) is 0. The normalized spacial score (nSPS) is 15.9. The van der Waals surface area contributed by atoms with Crippen LogP contribution in [-0.4, -0.2) is 17.9 Å². The van der Waals surface area contributed by atoms with E-state index in [1.807, 2.05) is 6.07 Å². The van der Waals surface area contributed by atoms with Crippen molar-refractivity contribution in [1.29, 1.82) is 0 Å². The molecule has 0 fully saturated rings. The molecule has 14 heavy (non-hydrogen) atoms. The largest absolute Gasteiger partial charge is 0.481 e. The Morgan fingerprint density at radius 1 is 1.29 bits per heavy atom. The van der Waals surface area contributed by atoms with Gasteiger partial charge in [0.1, 0.15) is 0 Å². The third kappa shape index (κ3) is 1.62. The molecule has 0 unspecified atom stereocenters. The van der Waals surface area contributed by atoms with Crippen LogP contribution in [0.25, 0.3) is 0 Å². The number of aromatic nitrogens is 1. The molecule has 0 aliphatic heterocycles. The molecule has 0 N–H and O–H groups in total. The molecule has 0 saturated heterocycles. The van der Waals surface area contributed by atoms with E-state index in [0.717, 1.165) is 30.5 Å². The Hall–Kier alpha value is -1.38. The molecule has 0 spiro atoms. The van der Waals surface area contributed by atoms with Crippen molar-refractivity contribution >= 4 is 5.78 Å². The quantitative estimate of drug-likeness (QED) is 0.637. The summed E-state index contributed by atoms with van der Waals surface area (Å²) in [4.78, 5) is 15.9. The Balaban J connectivity index is 2.43. The fourth-order valence-corrected chi connectivity index (χ4v) is 1.75. The van der Waals surface area contributed by atoms with Crippen molar-refractivity contribution in [1.82, 2.24) is 4.98 Å². The molecule has 1 aromatic heterocycles. The van der Waals surface area contributed by atoms with Crippen LogP contribution < -0.4 is 4.74 Å². The highest BCUT2D eigenvalue weighted by Crippen LogP contribution is 2.21. The number of carbonyl (C=O) groups is 1. The fourth-order valence-electron chi connectivity index (χ4n) is 1.75. The maximum absolute atomic E-state index is 11.6. The zero-order valence-corrected chi connectivity index (χ0v) is 8.25. The van der Waals surface area contributed by atoms with E-state index in [-0.39, 0.29) is 5.78 Å². The minimum atomic E-state index is 0.215. The molecule has 0 aromatic carbocycles. The molecular weight excluding hydrogens is 178 g/mol. The lowest BCUT2D eigenvalue weighted by Gasteiger charge is -2.05. The molecule has 2 rings (SSSR count). The Bertz CT molecular complexity index is 360. The van der Waals surface area contributed by atoms with Gasteiger partial charge in [-0.15, -0.1) is 0 Å². The van der Waals surface area contributed by atoms with E-state index in [1.165, 1.54) is 0 Å². The summed E-state index contributed by atoms with van der Waals surface area (Å²) in [7, 11) is 1.59. The Labute approximate surface area is 83.1 Å². The molecule has 3 heteroatoms. The summed E-state index contributed by atoms with van der Waals surface area (Å²) in [6.45, 7) is 0. The summed E-state index contributed by atoms with van der Waals surface area (Å²) in [6.07, 6.45) is 3.55. The monoisotopic (exact) mass is 191 g/mol. The molecule has 1 aliphatic rings. The predicted molar refractivity (Wildman–Crippen MR) is 52.7 cm³/mol. The second kappa shape index (κ2) is 3.78. The second-order valence-corrected chi connectivity index (χ2v) is 3.48. The van der Waals surface area contributed by atoms with Crippen LogP contribution in [0.3, 0.4) is 0 Å². The second-order valence-electron chi connectivity index (χ2n) is 3.48. The number of ether oxygens (including phenoxy) is 1. The lowest BCUT2D eigenvalue weighted by Crippen LogP contribution is -2.03. The third-order valence-electron chi connectivity index (χ3n) is 2.53. The zero-order chi connectivity index (χ0) is 9.97. The topological polar surface area (TPSA) is 39.2 Å². The molecule has 0 amide bonds. The van der Waals surface area contributed by atoms with E-state index in [9.17, 15) is 4.79 Å². The maximum atomic E-state index is 11.6. The van der Waals surface area contributed by atoms with Crippen LogP contribution in [0.5, 0.6) is 5.88 Å². The molecular formula is C11H13NO2. The minimum Gasteiger partial charge on any atom is -0.481 e. The van der Waals surface area contributed by atoms with Gasteiger partial charge >= 0.3 is 0 Å². The van der Waals surface area contributed by atoms with Gasteiger partial charge < -0.3 is 4.74 Å². The van der Waals surface area contributed by atoms with Gasteiger partial charge in [-0.1, -0.05) is 0 Å². The average Bonchev–Trinajstić information content (AvgIpc) is 2.40. The number of ketones is 1. The fraction of sp³-hybridized carbons (Fsp3) is 0.455. The number of Topliss-reactive ketones (excluding diaryl/α,β-unsaturated/α-hetero) is 1. The van der Waals surface area contributed by atoms with Crippen molar-refractivity contribution in [2.24, 2.45) is 0 Å². The van der Waals surface area contributed by atoms with Crippen molar-refractivity contribution in [3.05, 3.63) is 23.4 Å². The third-order valence-corrected chi connectivity index (χ3v) is 2.53. The number of carbonyl (C=O) groups excluding carboxylic acids is 1. The Kier molecular flexibility index (Phi) is 2.48. The first kappa shape index (κ1) is 9.19. The number of methoxy groups -OCH3 is 1. The van der Waals surface area contributed by atoms with Gasteiger partial charge in [-0.2, -0.15) is 0 Å². The molecule has 0 saturated carbocycles. The van der Waals surface area contributed by atoms with Crippen LogP contribution in [0.2, 0.25) is 0 Å². The molecule has 0 radical (unpaired) electrons. The molecule has 3 nitrogen and oxygen atoms in total. The highest BCUT2D eigenvalue weighted by atomic mass is 16.5. The maximum Gasteiger partial charge on any atom is 0.213 e. The molecule has 0 atom stereocenters. The van der Waals surface area contributed by atoms with Crippen LogP contribution in [0.1, 0.15) is 35.3 Å². The molecule has 0 bridgehead atoms. The molecule has 74 valence electrons.